The van der Waals surface area contributed by atoms with Gasteiger partial charge in [-0.05, 0) is 27.2 Å². The summed E-state index contributed by atoms with van der Waals surface area (Å²) in [5, 5.41) is 12.9. The SMILES string of the molecule is Cc1cn([C@@H]2CN(C(=O)CCCN3C(=O)NC(C)(C)C3=O)C[C@H]2O)c(=O)[nH]c1=O. The Morgan fingerprint density at radius 2 is 1.93 bits per heavy atom. The van der Waals surface area contributed by atoms with Gasteiger partial charge in [-0.3, -0.25) is 28.8 Å². The molecule has 2 fully saturated rings. The van der Waals surface area contributed by atoms with Crippen LogP contribution in [-0.4, -0.2) is 73.6 Å². The molecule has 4 amide bonds. The molecule has 1 aromatic heterocycles. The van der Waals surface area contributed by atoms with Gasteiger partial charge < -0.3 is 15.3 Å². The largest absolute Gasteiger partial charge is 0.389 e. The van der Waals surface area contributed by atoms with Gasteiger partial charge in [-0.2, -0.15) is 0 Å². The Kier molecular flexibility index (Phi) is 5.35. The third-order valence-electron chi connectivity index (χ3n) is 5.33. The molecular formula is C18H25N5O6. The first-order valence-electron chi connectivity index (χ1n) is 9.43. The minimum atomic E-state index is -0.950. The van der Waals surface area contributed by atoms with Crippen LogP contribution in [0.15, 0.2) is 15.8 Å². The van der Waals surface area contributed by atoms with Gasteiger partial charge >= 0.3 is 11.7 Å². The van der Waals surface area contributed by atoms with E-state index in [1.807, 2.05) is 0 Å². The van der Waals surface area contributed by atoms with E-state index >= 15 is 0 Å². The summed E-state index contributed by atoms with van der Waals surface area (Å²) in [6, 6.07) is -1.13. The molecule has 0 bridgehead atoms. The fourth-order valence-corrected chi connectivity index (χ4v) is 3.65. The second-order valence-electron chi connectivity index (χ2n) is 8.03. The summed E-state index contributed by atoms with van der Waals surface area (Å²) in [4.78, 5) is 64.8. The first-order chi connectivity index (χ1) is 13.5. The third kappa shape index (κ3) is 3.95. The highest BCUT2D eigenvalue weighted by atomic mass is 16.3. The molecule has 158 valence electrons. The van der Waals surface area contributed by atoms with Crippen molar-refractivity contribution in [1.29, 1.82) is 0 Å². The second kappa shape index (κ2) is 7.47. The van der Waals surface area contributed by atoms with Crippen LogP contribution >= 0.6 is 0 Å². The van der Waals surface area contributed by atoms with E-state index in [0.717, 1.165) is 4.90 Å². The van der Waals surface area contributed by atoms with Gasteiger partial charge in [0.05, 0.1) is 12.1 Å². The summed E-state index contributed by atoms with van der Waals surface area (Å²) >= 11 is 0. The number of H-pyrrole nitrogens is 1. The summed E-state index contributed by atoms with van der Waals surface area (Å²) < 4.78 is 1.24. The Morgan fingerprint density at radius 3 is 2.55 bits per heavy atom. The van der Waals surface area contributed by atoms with Crippen LogP contribution < -0.4 is 16.6 Å². The molecule has 2 saturated heterocycles. The van der Waals surface area contributed by atoms with Gasteiger partial charge in [0.15, 0.2) is 0 Å². The zero-order valence-electron chi connectivity index (χ0n) is 16.6. The molecule has 11 nitrogen and oxygen atoms in total. The maximum atomic E-state index is 12.5. The maximum absolute atomic E-state index is 12.5. The first kappa shape index (κ1) is 20.8. The van der Waals surface area contributed by atoms with Crippen molar-refractivity contribution in [2.24, 2.45) is 0 Å². The summed E-state index contributed by atoms with van der Waals surface area (Å²) in [5.74, 6) is -0.577. The van der Waals surface area contributed by atoms with Crippen molar-refractivity contribution in [2.75, 3.05) is 19.6 Å². The first-order valence-corrected chi connectivity index (χ1v) is 9.43. The number of aryl methyl sites for hydroxylation is 1. The van der Waals surface area contributed by atoms with Crippen LogP contribution in [0.25, 0.3) is 0 Å². The number of imide groups is 1. The number of hydrogen-bond acceptors (Lipinski definition) is 6. The van der Waals surface area contributed by atoms with E-state index in [-0.39, 0.29) is 37.9 Å². The van der Waals surface area contributed by atoms with Crippen LogP contribution in [0.5, 0.6) is 0 Å². The quantitative estimate of drug-likeness (QED) is 0.518. The fourth-order valence-electron chi connectivity index (χ4n) is 3.65. The monoisotopic (exact) mass is 407 g/mol. The molecule has 0 saturated carbocycles. The van der Waals surface area contributed by atoms with Gasteiger partial charge in [-0.15, -0.1) is 0 Å². The number of carbonyl (C=O) groups is 3. The molecule has 0 unspecified atom stereocenters. The van der Waals surface area contributed by atoms with E-state index < -0.39 is 35.0 Å². The lowest BCUT2D eigenvalue weighted by molar-refractivity contribution is -0.132. The molecule has 11 heteroatoms. The number of hydrogen-bond donors (Lipinski definition) is 3. The average molecular weight is 407 g/mol. The molecule has 0 aromatic carbocycles. The highest BCUT2D eigenvalue weighted by molar-refractivity contribution is 6.06. The van der Waals surface area contributed by atoms with Crippen LogP contribution in [0, 0.1) is 6.92 Å². The molecule has 2 atom stereocenters. The second-order valence-corrected chi connectivity index (χ2v) is 8.03. The topological polar surface area (TPSA) is 145 Å². The molecule has 0 radical (unpaired) electrons. The van der Waals surface area contributed by atoms with Gasteiger partial charge in [-0.25, -0.2) is 9.59 Å². The van der Waals surface area contributed by atoms with Gasteiger partial charge in [0.25, 0.3) is 11.5 Å². The van der Waals surface area contributed by atoms with E-state index in [0.29, 0.717) is 12.0 Å². The van der Waals surface area contributed by atoms with Gasteiger partial charge in [-0.1, -0.05) is 0 Å². The summed E-state index contributed by atoms with van der Waals surface area (Å²) in [7, 11) is 0. The van der Waals surface area contributed by atoms with E-state index in [9.17, 15) is 29.1 Å². The number of β-amino-alcohol motifs (C(OH)–C–C–N with tert-alkyl or cyclic N) is 1. The van der Waals surface area contributed by atoms with E-state index in [1.54, 1.807) is 20.8 Å². The Bertz CT molecular complexity index is 964. The number of aromatic amines is 1. The number of likely N-dealkylation sites (tertiary alicyclic amines) is 1. The third-order valence-corrected chi connectivity index (χ3v) is 5.33. The summed E-state index contributed by atoms with van der Waals surface area (Å²) in [6.07, 6.45) is 0.815. The zero-order chi connectivity index (χ0) is 21.5. The number of nitrogens with one attached hydrogen (secondary N) is 2. The number of aliphatic hydroxyl groups is 1. The number of aromatic nitrogens is 2. The van der Waals surface area contributed by atoms with Gasteiger partial charge in [0.2, 0.25) is 5.91 Å². The minimum Gasteiger partial charge on any atom is -0.389 e. The maximum Gasteiger partial charge on any atom is 0.328 e. The lowest BCUT2D eigenvalue weighted by atomic mass is 10.1. The lowest BCUT2D eigenvalue weighted by Crippen LogP contribution is -2.40. The normalized spacial score (nSPS) is 23.6. The van der Waals surface area contributed by atoms with Gasteiger partial charge in [0.1, 0.15) is 5.54 Å². The number of amides is 4. The Hall–Kier alpha value is -2.95. The van der Waals surface area contributed by atoms with Crippen molar-refractivity contribution < 1.29 is 19.5 Å². The Balaban J connectivity index is 1.59. The molecule has 29 heavy (non-hydrogen) atoms. The fraction of sp³-hybridized carbons (Fsp3) is 0.611. The molecule has 3 N–H and O–H groups in total. The van der Waals surface area contributed by atoms with Crippen molar-refractivity contribution in [3.8, 4) is 0 Å². The van der Waals surface area contributed by atoms with E-state index in [2.05, 4.69) is 10.3 Å². The average Bonchev–Trinajstić information content (AvgIpc) is 3.10. The van der Waals surface area contributed by atoms with Crippen molar-refractivity contribution in [3.05, 3.63) is 32.6 Å². The Morgan fingerprint density at radius 1 is 1.24 bits per heavy atom. The van der Waals surface area contributed by atoms with Crippen molar-refractivity contribution >= 4 is 17.8 Å². The standard InChI is InChI=1S/C18H25N5O6/c1-10-7-23(16(28)19-14(10)26)11-8-21(9-12(11)24)13(25)5-4-6-22-15(27)18(2,3)20-17(22)29/h7,11-12,24H,4-6,8-9H2,1-3H3,(H,20,29)(H,19,26,28)/t11-,12-/m1/s1. The van der Waals surface area contributed by atoms with Crippen LogP contribution in [0.2, 0.25) is 0 Å². The summed E-state index contributed by atoms with van der Waals surface area (Å²) in [5.41, 5.74) is -1.75. The van der Waals surface area contributed by atoms with Crippen LogP contribution in [-0.2, 0) is 9.59 Å². The predicted octanol–water partition coefficient (Wildman–Crippen LogP) is -1.30. The molecular weight excluding hydrogens is 382 g/mol. The molecule has 3 rings (SSSR count). The smallest absolute Gasteiger partial charge is 0.328 e. The summed E-state index contributed by atoms with van der Waals surface area (Å²) in [6.45, 7) is 5.09. The highest BCUT2D eigenvalue weighted by Gasteiger charge is 2.44. The molecule has 1 aromatic rings. The minimum absolute atomic E-state index is 0.0598. The Labute approximate surface area is 166 Å². The molecule has 0 aliphatic carbocycles. The van der Waals surface area contributed by atoms with E-state index in [1.165, 1.54) is 15.7 Å². The van der Waals surface area contributed by atoms with E-state index in [4.69, 9.17) is 0 Å². The number of urea groups is 1. The van der Waals surface area contributed by atoms with Crippen LogP contribution in [0.1, 0.15) is 38.3 Å². The van der Waals surface area contributed by atoms with Crippen molar-refractivity contribution in [2.45, 2.75) is 51.3 Å². The van der Waals surface area contributed by atoms with Crippen LogP contribution in [0.3, 0.4) is 0 Å². The van der Waals surface area contributed by atoms with Crippen molar-refractivity contribution in [3.63, 3.8) is 0 Å². The predicted molar refractivity (Wildman–Crippen MR) is 101 cm³/mol. The lowest BCUT2D eigenvalue weighted by Gasteiger charge is -2.19. The molecule has 2 aliphatic heterocycles. The number of rotatable bonds is 5. The molecule has 3 heterocycles. The number of nitrogens with zero attached hydrogens (tertiary/aromatic N) is 3. The number of carbonyl (C=O) groups excluding carboxylic acids is 3. The zero-order valence-corrected chi connectivity index (χ0v) is 16.6. The number of aliphatic hydroxyl groups excluding tert-OH is 1. The van der Waals surface area contributed by atoms with Crippen LogP contribution in [0.4, 0.5) is 4.79 Å². The molecule has 2 aliphatic rings. The molecule has 0 spiro atoms. The highest BCUT2D eigenvalue weighted by Crippen LogP contribution is 2.22. The van der Waals surface area contributed by atoms with Crippen molar-refractivity contribution in [1.82, 2.24) is 24.7 Å². The van der Waals surface area contributed by atoms with Gasteiger partial charge in [0, 0.05) is 37.8 Å².